The van der Waals surface area contributed by atoms with Crippen LogP contribution in [0.15, 0.2) is 84.6 Å². The van der Waals surface area contributed by atoms with Gasteiger partial charge in [0.1, 0.15) is 0 Å². The van der Waals surface area contributed by atoms with Crippen LogP contribution in [0.4, 0.5) is 5.69 Å². The lowest BCUT2D eigenvalue weighted by Crippen LogP contribution is -2.29. The molecule has 0 radical (unpaired) electrons. The highest BCUT2D eigenvalue weighted by Crippen LogP contribution is 2.51. The summed E-state index contributed by atoms with van der Waals surface area (Å²) >= 11 is 0. The fourth-order valence-electron chi connectivity index (χ4n) is 5.63. The molecule has 0 bridgehead atoms. The minimum Gasteiger partial charge on any atom is -0.454 e. The lowest BCUT2D eigenvalue weighted by atomic mass is 9.72. The van der Waals surface area contributed by atoms with E-state index in [1.807, 2.05) is 42.6 Å². The molecule has 0 amide bonds. The number of anilines is 1. The van der Waals surface area contributed by atoms with Crippen molar-refractivity contribution in [3.8, 4) is 11.5 Å². The van der Waals surface area contributed by atoms with Crippen LogP contribution in [0.2, 0.25) is 0 Å². The maximum absolute atomic E-state index is 13.8. The summed E-state index contributed by atoms with van der Waals surface area (Å²) in [6, 6.07) is 24.3. The Morgan fingerprint density at radius 1 is 0.853 bits per heavy atom. The van der Waals surface area contributed by atoms with Crippen molar-refractivity contribution < 1.29 is 14.3 Å². The van der Waals surface area contributed by atoms with Gasteiger partial charge in [0, 0.05) is 34.8 Å². The summed E-state index contributed by atoms with van der Waals surface area (Å²) < 4.78 is 11.1. The highest BCUT2D eigenvalue weighted by atomic mass is 16.7. The van der Waals surface area contributed by atoms with E-state index < -0.39 is 0 Å². The number of fused-ring (bicyclic) bond motifs is 5. The number of nitrogens with zero attached hydrogens (tertiary/aromatic N) is 1. The molecule has 7 rings (SSSR count). The van der Waals surface area contributed by atoms with Crippen LogP contribution >= 0.6 is 0 Å². The van der Waals surface area contributed by atoms with E-state index in [0.717, 1.165) is 56.8 Å². The number of ketones is 1. The molecule has 34 heavy (non-hydrogen) atoms. The van der Waals surface area contributed by atoms with Crippen molar-refractivity contribution >= 4 is 27.9 Å². The number of Topliss-reactive ketones (excluding diaryl/α,β-unsaturated/α-hetero) is 1. The van der Waals surface area contributed by atoms with Crippen LogP contribution in [-0.2, 0) is 4.79 Å². The summed E-state index contributed by atoms with van der Waals surface area (Å²) in [7, 11) is 0. The average Bonchev–Trinajstić information content (AvgIpc) is 3.36. The molecule has 2 unspecified atom stereocenters. The minimum atomic E-state index is -0.240. The van der Waals surface area contributed by atoms with Crippen molar-refractivity contribution in [2.24, 2.45) is 0 Å². The normalized spacial score (nSPS) is 20.6. The van der Waals surface area contributed by atoms with E-state index >= 15 is 0 Å². The van der Waals surface area contributed by atoms with E-state index in [2.05, 4.69) is 46.7 Å². The third-order valence-corrected chi connectivity index (χ3v) is 7.18. The molecule has 3 aliphatic rings. The summed E-state index contributed by atoms with van der Waals surface area (Å²) in [4.78, 5) is 18.4. The number of carbonyl (C=O) groups is 1. The number of ether oxygens (including phenoxy) is 2. The number of rotatable bonds is 2. The highest BCUT2D eigenvalue weighted by molar-refractivity contribution is 6.12. The Bertz CT molecular complexity index is 1490. The Balaban J connectivity index is 1.44. The summed E-state index contributed by atoms with van der Waals surface area (Å²) in [5.74, 6) is 1.81. The second kappa shape index (κ2) is 7.45. The molecule has 5 nitrogen and oxygen atoms in total. The molecule has 0 saturated carbocycles. The molecule has 0 spiro atoms. The van der Waals surface area contributed by atoms with Gasteiger partial charge >= 0.3 is 0 Å². The molecule has 0 saturated heterocycles. The Labute approximate surface area is 197 Å². The number of benzene rings is 3. The van der Waals surface area contributed by atoms with Gasteiger partial charge in [-0.25, -0.2) is 0 Å². The maximum atomic E-state index is 13.8. The van der Waals surface area contributed by atoms with E-state index in [9.17, 15) is 4.79 Å². The zero-order chi connectivity index (χ0) is 22.6. The van der Waals surface area contributed by atoms with Crippen molar-refractivity contribution in [2.75, 3.05) is 12.1 Å². The third-order valence-electron chi connectivity index (χ3n) is 7.18. The quantitative estimate of drug-likeness (QED) is 0.407. The van der Waals surface area contributed by atoms with E-state index in [-0.39, 0.29) is 24.5 Å². The van der Waals surface area contributed by atoms with Gasteiger partial charge in [0.2, 0.25) is 6.79 Å². The van der Waals surface area contributed by atoms with Gasteiger partial charge < -0.3 is 14.8 Å². The number of hydrogen-bond acceptors (Lipinski definition) is 5. The smallest absolute Gasteiger partial charge is 0.231 e. The highest BCUT2D eigenvalue weighted by Gasteiger charge is 2.39. The minimum absolute atomic E-state index is 0.155. The number of aromatic nitrogens is 1. The van der Waals surface area contributed by atoms with Crippen LogP contribution in [0.1, 0.15) is 41.5 Å². The van der Waals surface area contributed by atoms with Crippen LogP contribution in [0, 0.1) is 0 Å². The topological polar surface area (TPSA) is 60.5 Å². The van der Waals surface area contributed by atoms with Crippen molar-refractivity contribution in [3.05, 3.63) is 101 Å². The Morgan fingerprint density at radius 3 is 2.65 bits per heavy atom. The van der Waals surface area contributed by atoms with Crippen LogP contribution in [-0.4, -0.2) is 17.6 Å². The largest absolute Gasteiger partial charge is 0.454 e. The van der Waals surface area contributed by atoms with Crippen LogP contribution in [0.5, 0.6) is 11.5 Å². The average molecular weight is 447 g/mol. The molecule has 2 aliphatic heterocycles. The fourth-order valence-corrected chi connectivity index (χ4v) is 5.63. The van der Waals surface area contributed by atoms with Gasteiger partial charge in [0.15, 0.2) is 17.3 Å². The zero-order valence-corrected chi connectivity index (χ0v) is 18.5. The zero-order valence-electron chi connectivity index (χ0n) is 18.5. The predicted molar refractivity (Wildman–Crippen MR) is 131 cm³/mol. The van der Waals surface area contributed by atoms with Gasteiger partial charge in [-0.3, -0.25) is 9.78 Å². The summed E-state index contributed by atoms with van der Waals surface area (Å²) in [6.45, 7) is 0.227. The van der Waals surface area contributed by atoms with Crippen LogP contribution < -0.4 is 14.8 Å². The molecule has 0 fully saturated rings. The van der Waals surface area contributed by atoms with Crippen molar-refractivity contribution in [2.45, 2.75) is 24.8 Å². The first-order valence-electron chi connectivity index (χ1n) is 11.6. The summed E-state index contributed by atoms with van der Waals surface area (Å²) in [5, 5.41) is 4.75. The summed E-state index contributed by atoms with van der Waals surface area (Å²) in [5.41, 5.74) is 7.26. The Morgan fingerprint density at radius 2 is 1.74 bits per heavy atom. The number of allylic oxidation sites excluding steroid dienone is 1. The number of pyridine rings is 1. The standard InChI is InChI=1S/C29H22N2O3/c32-24-14-19(17-5-2-1-3-6-17)13-21-27-20-7-4-12-30-22(20)9-10-23(27)31-29(28(21)24)18-8-11-25-26(15-18)34-16-33-25/h1-12,15,19,29,31H,13-14,16H2. The van der Waals surface area contributed by atoms with E-state index in [4.69, 9.17) is 9.47 Å². The SMILES string of the molecule is O=C1CC(c2ccccc2)CC2=C1C(c1ccc3c(c1)OCO3)Nc1ccc3ncccc3c12. The lowest BCUT2D eigenvalue weighted by Gasteiger charge is -2.37. The van der Waals surface area contributed by atoms with Gasteiger partial charge in [-0.2, -0.15) is 0 Å². The van der Waals surface area contributed by atoms with Crippen molar-refractivity contribution in [1.29, 1.82) is 0 Å². The molecule has 1 aliphatic carbocycles. The molecule has 3 heterocycles. The first-order valence-corrected chi connectivity index (χ1v) is 11.6. The maximum Gasteiger partial charge on any atom is 0.231 e. The molecular formula is C29H22N2O3. The van der Waals surface area contributed by atoms with Gasteiger partial charge in [-0.1, -0.05) is 42.5 Å². The van der Waals surface area contributed by atoms with Crippen LogP contribution in [0.3, 0.4) is 0 Å². The van der Waals surface area contributed by atoms with Crippen LogP contribution in [0.25, 0.3) is 16.5 Å². The van der Waals surface area contributed by atoms with Gasteiger partial charge in [-0.05, 0) is 59.4 Å². The van der Waals surface area contributed by atoms with Crippen molar-refractivity contribution in [1.82, 2.24) is 4.98 Å². The Kier molecular flexibility index (Phi) is 4.24. The molecular weight excluding hydrogens is 424 g/mol. The number of hydrogen-bond donors (Lipinski definition) is 1. The molecule has 1 N–H and O–H groups in total. The van der Waals surface area contributed by atoms with Gasteiger partial charge in [0.05, 0.1) is 11.6 Å². The second-order valence-corrected chi connectivity index (χ2v) is 9.08. The molecule has 1 aromatic heterocycles. The summed E-state index contributed by atoms with van der Waals surface area (Å²) in [6.07, 6.45) is 3.13. The van der Waals surface area contributed by atoms with Crippen molar-refractivity contribution in [3.63, 3.8) is 0 Å². The second-order valence-electron chi connectivity index (χ2n) is 9.08. The first kappa shape index (κ1) is 19.4. The molecule has 3 aromatic carbocycles. The number of carbonyl (C=O) groups excluding carboxylic acids is 1. The molecule has 4 aromatic rings. The lowest BCUT2D eigenvalue weighted by molar-refractivity contribution is -0.116. The first-order chi connectivity index (χ1) is 16.8. The fraction of sp³-hybridized carbons (Fsp3) is 0.172. The third kappa shape index (κ3) is 2.93. The Hall–Kier alpha value is -4.12. The molecule has 5 heteroatoms. The molecule has 166 valence electrons. The predicted octanol–water partition coefficient (Wildman–Crippen LogP) is 6.03. The number of nitrogens with one attached hydrogen (secondary N) is 1. The van der Waals surface area contributed by atoms with E-state index in [0.29, 0.717) is 6.42 Å². The monoisotopic (exact) mass is 446 g/mol. The van der Waals surface area contributed by atoms with E-state index in [1.165, 1.54) is 5.56 Å². The molecule has 2 atom stereocenters. The van der Waals surface area contributed by atoms with Gasteiger partial charge in [0.25, 0.3) is 0 Å². The van der Waals surface area contributed by atoms with Gasteiger partial charge in [-0.15, -0.1) is 0 Å². The van der Waals surface area contributed by atoms with E-state index in [1.54, 1.807) is 0 Å².